The van der Waals surface area contributed by atoms with E-state index in [-0.39, 0.29) is 12.1 Å². The minimum absolute atomic E-state index is 0.202. The van der Waals surface area contributed by atoms with E-state index in [1.54, 1.807) is 12.5 Å². The van der Waals surface area contributed by atoms with Gasteiger partial charge < -0.3 is 5.32 Å². The normalized spacial score (nSPS) is 14.1. The lowest BCUT2D eigenvalue weighted by Gasteiger charge is -2.22. The molecule has 20 heavy (non-hydrogen) atoms. The second-order valence-corrected chi connectivity index (χ2v) is 4.90. The Balaban J connectivity index is 1.86. The Labute approximate surface area is 117 Å². The summed E-state index contributed by atoms with van der Waals surface area (Å²) in [6.07, 6.45) is 5.36. The van der Waals surface area contributed by atoms with Crippen molar-refractivity contribution in [2.24, 2.45) is 0 Å². The van der Waals surface area contributed by atoms with Crippen molar-refractivity contribution < 1.29 is 0 Å². The van der Waals surface area contributed by atoms with Crippen LogP contribution in [0.1, 0.15) is 19.9 Å². The molecule has 0 saturated carbocycles. The quantitative estimate of drug-likeness (QED) is 0.789. The molecule has 5 nitrogen and oxygen atoms in total. The predicted octanol–water partition coefficient (Wildman–Crippen LogP) is 2.89. The first kappa shape index (κ1) is 12.6. The molecule has 0 saturated heterocycles. The highest BCUT2D eigenvalue weighted by Gasteiger charge is 2.15. The summed E-state index contributed by atoms with van der Waals surface area (Å²) in [6.45, 7) is 4.26. The first-order valence-corrected chi connectivity index (χ1v) is 6.71. The van der Waals surface area contributed by atoms with Crippen LogP contribution in [0.3, 0.4) is 0 Å². The van der Waals surface area contributed by atoms with Gasteiger partial charge in [0, 0.05) is 23.8 Å². The first-order chi connectivity index (χ1) is 9.75. The molecule has 0 aliphatic carbocycles. The Morgan fingerprint density at radius 2 is 1.95 bits per heavy atom. The lowest BCUT2D eigenvalue weighted by molar-refractivity contribution is 0.443. The average molecular weight is 267 g/mol. The second kappa shape index (κ2) is 5.28. The van der Waals surface area contributed by atoms with E-state index in [2.05, 4.69) is 34.2 Å². The number of hydrogen-bond acceptors (Lipinski definition) is 4. The monoisotopic (exact) mass is 267 g/mol. The van der Waals surface area contributed by atoms with Crippen molar-refractivity contribution in [3.63, 3.8) is 0 Å². The lowest BCUT2D eigenvalue weighted by Crippen LogP contribution is -2.27. The maximum Gasteiger partial charge on any atom is 0.137 e. The van der Waals surface area contributed by atoms with Crippen molar-refractivity contribution in [1.29, 1.82) is 0 Å². The summed E-state index contributed by atoms with van der Waals surface area (Å²) in [5.41, 5.74) is 0.948. The Kier molecular flexibility index (Phi) is 3.33. The van der Waals surface area contributed by atoms with Crippen LogP contribution in [0.15, 0.2) is 49.1 Å². The average Bonchev–Trinajstić information content (AvgIpc) is 3.01. The third kappa shape index (κ3) is 2.34. The summed E-state index contributed by atoms with van der Waals surface area (Å²) in [5, 5.41) is 8.78. The molecule has 3 rings (SSSR count). The molecule has 5 heteroatoms. The number of nitrogens with one attached hydrogen (secondary N) is 1. The van der Waals surface area contributed by atoms with E-state index in [9.17, 15) is 0 Å². The maximum absolute atomic E-state index is 4.36. The van der Waals surface area contributed by atoms with E-state index in [0.717, 1.165) is 16.7 Å². The Morgan fingerprint density at radius 3 is 2.75 bits per heavy atom. The van der Waals surface area contributed by atoms with Crippen molar-refractivity contribution >= 4 is 16.7 Å². The standard InChI is InChI=1S/C15H17N5/c1-11(12(2)20-9-5-8-18-20)19-15-13-6-3-4-7-14(13)16-10-17-15/h3-12H,1-2H3,(H,16,17,19)/t11-,12-/m0/s1. The number of fused-ring (bicyclic) bond motifs is 1. The Morgan fingerprint density at radius 1 is 1.10 bits per heavy atom. The van der Waals surface area contributed by atoms with E-state index in [0.29, 0.717) is 0 Å². The zero-order valence-electron chi connectivity index (χ0n) is 11.6. The fraction of sp³-hybridized carbons (Fsp3) is 0.267. The van der Waals surface area contributed by atoms with Gasteiger partial charge in [-0.15, -0.1) is 0 Å². The van der Waals surface area contributed by atoms with Gasteiger partial charge in [0.25, 0.3) is 0 Å². The molecule has 2 atom stereocenters. The van der Waals surface area contributed by atoms with Gasteiger partial charge >= 0.3 is 0 Å². The molecule has 0 aliphatic rings. The van der Waals surface area contributed by atoms with E-state index < -0.39 is 0 Å². The van der Waals surface area contributed by atoms with Crippen molar-refractivity contribution in [3.8, 4) is 0 Å². The second-order valence-electron chi connectivity index (χ2n) is 4.90. The summed E-state index contributed by atoms with van der Waals surface area (Å²) >= 11 is 0. The van der Waals surface area contributed by atoms with E-state index in [1.807, 2.05) is 41.2 Å². The molecule has 1 aromatic carbocycles. The lowest BCUT2D eigenvalue weighted by atomic mass is 10.1. The summed E-state index contributed by atoms with van der Waals surface area (Å²) in [6, 6.07) is 10.4. The van der Waals surface area contributed by atoms with Crippen molar-refractivity contribution in [2.45, 2.75) is 25.9 Å². The van der Waals surface area contributed by atoms with Gasteiger partial charge in [-0.2, -0.15) is 5.10 Å². The zero-order valence-corrected chi connectivity index (χ0v) is 11.6. The SMILES string of the molecule is C[C@H](Nc1ncnc2ccccc12)[C@H](C)n1cccn1. The van der Waals surface area contributed by atoms with Crippen LogP contribution in [0.25, 0.3) is 10.9 Å². The molecule has 0 amide bonds. The molecule has 0 unspecified atom stereocenters. The largest absolute Gasteiger partial charge is 0.365 e. The van der Waals surface area contributed by atoms with Gasteiger partial charge in [-0.25, -0.2) is 9.97 Å². The van der Waals surface area contributed by atoms with Crippen LogP contribution in [0.5, 0.6) is 0 Å². The number of hydrogen-bond donors (Lipinski definition) is 1. The molecule has 0 aliphatic heterocycles. The minimum atomic E-state index is 0.202. The Bertz CT molecular complexity index is 687. The summed E-state index contributed by atoms with van der Waals surface area (Å²) < 4.78 is 1.95. The molecule has 0 bridgehead atoms. The Hall–Kier alpha value is -2.43. The fourth-order valence-electron chi connectivity index (χ4n) is 2.21. The zero-order chi connectivity index (χ0) is 13.9. The number of anilines is 1. The smallest absolute Gasteiger partial charge is 0.137 e. The highest BCUT2D eigenvalue weighted by atomic mass is 15.3. The molecule has 2 heterocycles. The summed E-state index contributed by atoms with van der Waals surface area (Å²) in [5.74, 6) is 0.863. The van der Waals surface area contributed by atoms with Crippen LogP contribution in [0, 0.1) is 0 Å². The van der Waals surface area contributed by atoms with Gasteiger partial charge in [0.1, 0.15) is 12.1 Å². The maximum atomic E-state index is 4.36. The fourth-order valence-corrected chi connectivity index (χ4v) is 2.21. The van der Waals surface area contributed by atoms with Crippen LogP contribution in [0.4, 0.5) is 5.82 Å². The number of aromatic nitrogens is 4. The molecule has 0 radical (unpaired) electrons. The van der Waals surface area contributed by atoms with Crippen LogP contribution in [-0.2, 0) is 0 Å². The van der Waals surface area contributed by atoms with Crippen LogP contribution >= 0.6 is 0 Å². The third-order valence-electron chi connectivity index (χ3n) is 3.57. The van der Waals surface area contributed by atoms with E-state index in [1.165, 1.54) is 0 Å². The van der Waals surface area contributed by atoms with Gasteiger partial charge in [-0.05, 0) is 32.0 Å². The molecule has 102 valence electrons. The van der Waals surface area contributed by atoms with Gasteiger partial charge in [0.2, 0.25) is 0 Å². The first-order valence-electron chi connectivity index (χ1n) is 6.71. The van der Waals surface area contributed by atoms with E-state index >= 15 is 0 Å². The molecule has 1 N–H and O–H groups in total. The highest BCUT2D eigenvalue weighted by Crippen LogP contribution is 2.21. The van der Waals surface area contributed by atoms with Crippen LogP contribution in [0.2, 0.25) is 0 Å². The topological polar surface area (TPSA) is 55.6 Å². The van der Waals surface area contributed by atoms with Crippen molar-refractivity contribution in [3.05, 3.63) is 49.1 Å². The number of benzene rings is 1. The minimum Gasteiger partial charge on any atom is -0.365 e. The molecular formula is C15H17N5. The van der Waals surface area contributed by atoms with Crippen molar-refractivity contribution in [2.75, 3.05) is 5.32 Å². The third-order valence-corrected chi connectivity index (χ3v) is 3.57. The van der Waals surface area contributed by atoms with Crippen LogP contribution < -0.4 is 5.32 Å². The van der Waals surface area contributed by atoms with Crippen LogP contribution in [-0.4, -0.2) is 25.8 Å². The predicted molar refractivity (Wildman–Crippen MR) is 79.6 cm³/mol. The molecule has 2 aromatic heterocycles. The molecular weight excluding hydrogens is 250 g/mol. The number of para-hydroxylation sites is 1. The molecule has 0 spiro atoms. The van der Waals surface area contributed by atoms with Gasteiger partial charge in [0.05, 0.1) is 11.6 Å². The molecule has 0 fully saturated rings. The van der Waals surface area contributed by atoms with Crippen molar-refractivity contribution in [1.82, 2.24) is 19.7 Å². The number of rotatable bonds is 4. The van der Waals surface area contributed by atoms with E-state index in [4.69, 9.17) is 0 Å². The summed E-state index contributed by atoms with van der Waals surface area (Å²) in [7, 11) is 0. The summed E-state index contributed by atoms with van der Waals surface area (Å²) in [4.78, 5) is 8.63. The van der Waals surface area contributed by atoms with Gasteiger partial charge in [-0.1, -0.05) is 12.1 Å². The number of nitrogens with zero attached hydrogens (tertiary/aromatic N) is 4. The van der Waals surface area contributed by atoms with Gasteiger partial charge in [-0.3, -0.25) is 4.68 Å². The highest BCUT2D eigenvalue weighted by molar-refractivity contribution is 5.88. The van der Waals surface area contributed by atoms with Gasteiger partial charge in [0.15, 0.2) is 0 Å². The molecule has 3 aromatic rings.